The van der Waals surface area contributed by atoms with Gasteiger partial charge >= 0.3 is 0 Å². The first kappa shape index (κ1) is 15.4. The minimum Gasteiger partial charge on any atom is -0.493 e. The minimum atomic E-state index is -0.246. The van der Waals surface area contributed by atoms with Gasteiger partial charge in [0, 0.05) is 11.4 Å². The lowest BCUT2D eigenvalue weighted by atomic mass is 9.97. The van der Waals surface area contributed by atoms with Crippen molar-refractivity contribution in [1.82, 2.24) is 0 Å². The molecular formula is C18H18ClNO. The summed E-state index contributed by atoms with van der Waals surface area (Å²) >= 11 is 6.15. The fourth-order valence-electron chi connectivity index (χ4n) is 2.21. The average Bonchev–Trinajstić information content (AvgIpc) is 2.49. The van der Waals surface area contributed by atoms with Crippen molar-refractivity contribution in [3.8, 4) is 11.8 Å². The van der Waals surface area contributed by atoms with Crippen LogP contribution in [0.5, 0.6) is 5.75 Å². The number of benzene rings is 2. The van der Waals surface area contributed by atoms with Crippen LogP contribution in [0.25, 0.3) is 0 Å². The molecule has 0 aromatic heterocycles. The maximum Gasteiger partial charge on any atom is 0.122 e. The van der Waals surface area contributed by atoms with E-state index in [1.54, 1.807) is 0 Å². The van der Waals surface area contributed by atoms with E-state index in [-0.39, 0.29) is 5.92 Å². The molecule has 0 N–H and O–H groups in total. The SMILES string of the molecule is Cc1cccc(OCCC(C#N)c2ccccc2Cl)c1C. The lowest BCUT2D eigenvalue weighted by Crippen LogP contribution is -2.06. The number of aryl methyl sites for hydroxylation is 1. The number of rotatable bonds is 5. The molecule has 0 heterocycles. The van der Waals surface area contributed by atoms with Crippen molar-refractivity contribution in [2.24, 2.45) is 0 Å². The molecule has 0 saturated carbocycles. The van der Waals surface area contributed by atoms with Crippen LogP contribution in [-0.4, -0.2) is 6.61 Å². The van der Waals surface area contributed by atoms with E-state index in [4.69, 9.17) is 16.3 Å². The van der Waals surface area contributed by atoms with Crippen LogP contribution in [0, 0.1) is 25.2 Å². The molecule has 1 unspecified atom stereocenters. The highest BCUT2D eigenvalue weighted by Gasteiger charge is 2.14. The average molecular weight is 300 g/mol. The topological polar surface area (TPSA) is 33.0 Å². The summed E-state index contributed by atoms with van der Waals surface area (Å²) in [7, 11) is 0. The van der Waals surface area contributed by atoms with Crippen molar-refractivity contribution in [3.05, 3.63) is 64.2 Å². The maximum absolute atomic E-state index is 9.34. The Morgan fingerprint density at radius 1 is 1.14 bits per heavy atom. The highest BCUT2D eigenvalue weighted by Crippen LogP contribution is 2.27. The molecule has 0 saturated heterocycles. The van der Waals surface area contributed by atoms with Gasteiger partial charge in [-0.2, -0.15) is 5.26 Å². The van der Waals surface area contributed by atoms with Crippen LogP contribution in [0.15, 0.2) is 42.5 Å². The Hall–Kier alpha value is -1.98. The third-order valence-corrected chi connectivity index (χ3v) is 4.00. The monoisotopic (exact) mass is 299 g/mol. The largest absolute Gasteiger partial charge is 0.493 e. The number of ether oxygens (including phenoxy) is 1. The zero-order chi connectivity index (χ0) is 15.2. The third kappa shape index (κ3) is 3.77. The molecule has 21 heavy (non-hydrogen) atoms. The summed E-state index contributed by atoms with van der Waals surface area (Å²) in [5, 5.41) is 9.97. The summed E-state index contributed by atoms with van der Waals surface area (Å²) in [5.41, 5.74) is 3.21. The van der Waals surface area contributed by atoms with E-state index in [2.05, 4.69) is 19.1 Å². The second-order valence-corrected chi connectivity index (χ2v) is 5.45. The Bertz CT molecular complexity index is 661. The van der Waals surface area contributed by atoms with E-state index in [0.717, 1.165) is 16.9 Å². The van der Waals surface area contributed by atoms with Gasteiger partial charge in [0.25, 0.3) is 0 Å². The van der Waals surface area contributed by atoms with Gasteiger partial charge in [0.15, 0.2) is 0 Å². The summed E-state index contributed by atoms with van der Waals surface area (Å²) in [5.74, 6) is 0.634. The lowest BCUT2D eigenvalue weighted by molar-refractivity contribution is 0.304. The fraction of sp³-hybridized carbons (Fsp3) is 0.278. The van der Waals surface area contributed by atoms with Gasteiger partial charge in [-0.05, 0) is 42.7 Å². The van der Waals surface area contributed by atoms with Gasteiger partial charge in [-0.25, -0.2) is 0 Å². The predicted molar refractivity (Wildman–Crippen MR) is 85.8 cm³/mol. The number of nitriles is 1. The summed E-state index contributed by atoms with van der Waals surface area (Å²) in [6.07, 6.45) is 0.619. The molecule has 2 rings (SSSR count). The molecule has 0 spiro atoms. The second-order valence-electron chi connectivity index (χ2n) is 5.04. The normalized spacial score (nSPS) is 11.7. The predicted octanol–water partition coefficient (Wildman–Crippen LogP) is 5.03. The number of nitrogens with zero attached hydrogens (tertiary/aromatic N) is 1. The Labute approximate surface area is 130 Å². The van der Waals surface area contributed by atoms with Gasteiger partial charge in [-0.15, -0.1) is 0 Å². The lowest BCUT2D eigenvalue weighted by Gasteiger charge is -2.14. The van der Waals surface area contributed by atoms with Gasteiger partial charge in [0.2, 0.25) is 0 Å². The molecule has 3 heteroatoms. The Balaban J connectivity index is 2.00. The first-order valence-electron chi connectivity index (χ1n) is 6.96. The quantitative estimate of drug-likeness (QED) is 0.775. The fourth-order valence-corrected chi connectivity index (χ4v) is 2.48. The van der Waals surface area contributed by atoms with Gasteiger partial charge in [0.05, 0.1) is 18.6 Å². The molecule has 0 aliphatic rings. The molecular weight excluding hydrogens is 282 g/mol. The van der Waals surface area contributed by atoms with Crippen LogP contribution in [0.2, 0.25) is 5.02 Å². The molecule has 108 valence electrons. The van der Waals surface area contributed by atoms with E-state index < -0.39 is 0 Å². The van der Waals surface area contributed by atoms with E-state index in [0.29, 0.717) is 18.1 Å². The number of halogens is 1. The minimum absolute atomic E-state index is 0.246. The highest BCUT2D eigenvalue weighted by molar-refractivity contribution is 6.31. The van der Waals surface area contributed by atoms with Gasteiger partial charge in [-0.1, -0.05) is 41.9 Å². The zero-order valence-electron chi connectivity index (χ0n) is 12.3. The van der Waals surface area contributed by atoms with E-state index >= 15 is 0 Å². The van der Waals surface area contributed by atoms with Crippen LogP contribution in [0.4, 0.5) is 0 Å². The first-order valence-corrected chi connectivity index (χ1v) is 7.34. The molecule has 1 atom stereocenters. The summed E-state index contributed by atoms with van der Waals surface area (Å²) < 4.78 is 5.82. The summed E-state index contributed by atoms with van der Waals surface area (Å²) in [6, 6.07) is 15.8. The molecule has 0 amide bonds. The molecule has 0 radical (unpaired) electrons. The van der Waals surface area contributed by atoms with Crippen molar-refractivity contribution < 1.29 is 4.74 Å². The van der Waals surface area contributed by atoms with Crippen LogP contribution in [0.3, 0.4) is 0 Å². The summed E-state index contributed by atoms with van der Waals surface area (Å²) in [6.45, 7) is 4.60. The number of hydrogen-bond donors (Lipinski definition) is 0. The molecule has 0 bridgehead atoms. The molecule has 2 nitrogen and oxygen atoms in total. The standard InChI is InChI=1S/C18H18ClNO/c1-13-6-5-9-18(14(13)2)21-11-10-15(12-20)16-7-3-4-8-17(16)19/h3-9,15H,10-11H2,1-2H3. The Morgan fingerprint density at radius 3 is 2.62 bits per heavy atom. The number of hydrogen-bond acceptors (Lipinski definition) is 2. The van der Waals surface area contributed by atoms with Crippen LogP contribution in [-0.2, 0) is 0 Å². The van der Waals surface area contributed by atoms with Crippen LogP contribution >= 0.6 is 11.6 Å². The van der Waals surface area contributed by atoms with Gasteiger partial charge in [-0.3, -0.25) is 0 Å². The Morgan fingerprint density at radius 2 is 1.90 bits per heavy atom. The van der Waals surface area contributed by atoms with Crippen molar-refractivity contribution in [2.45, 2.75) is 26.2 Å². The zero-order valence-corrected chi connectivity index (χ0v) is 13.0. The van der Waals surface area contributed by atoms with Crippen molar-refractivity contribution in [3.63, 3.8) is 0 Å². The van der Waals surface area contributed by atoms with Gasteiger partial charge in [0.1, 0.15) is 5.75 Å². The van der Waals surface area contributed by atoms with Crippen LogP contribution < -0.4 is 4.74 Å². The van der Waals surface area contributed by atoms with Crippen molar-refractivity contribution >= 4 is 11.6 Å². The molecule has 2 aromatic carbocycles. The highest BCUT2D eigenvalue weighted by atomic mass is 35.5. The smallest absolute Gasteiger partial charge is 0.122 e. The van der Waals surface area contributed by atoms with Crippen molar-refractivity contribution in [2.75, 3.05) is 6.61 Å². The van der Waals surface area contributed by atoms with Crippen molar-refractivity contribution in [1.29, 1.82) is 5.26 Å². The Kier molecular flexibility index (Phi) is 5.25. The van der Waals surface area contributed by atoms with Crippen LogP contribution in [0.1, 0.15) is 29.0 Å². The van der Waals surface area contributed by atoms with E-state index in [9.17, 15) is 5.26 Å². The first-order chi connectivity index (χ1) is 10.1. The second kappa shape index (κ2) is 7.15. The molecule has 2 aromatic rings. The van der Waals surface area contributed by atoms with Gasteiger partial charge < -0.3 is 4.74 Å². The maximum atomic E-state index is 9.34. The van der Waals surface area contributed by atoms with E-state index in [1.807, 2.05) is 43.3 Å². The molecule has 0 fully saturated rings. The molecule has 0 aliphatic carbocycles. The molecule has 0 aliphatic heterocycles. The summed E-state index contributed by atoms with van der Waals surface area (Å²) in [4.78, 5) is 0. The third-order valence-electron chi connectivity index (χ3n) is 3.66. The van der Waals surface area contributed by atoms with E-state index in [1.165, 1.54) is 5.56 Å².